The number of aliphatic hydroxyl groups is 1. The van der Waals surface area contributed by atoms with E-state index in [-0.39, 0.29) is 5.82 Å². The van der Waals surface area contributed by atoms with Crippen LogP contribution >= 0.6 is 11.3 Å². The first kappa shape index (κ1) is 21.9. The Bertz CT molecular complexity index is 943. The zero-order valence-corrected chi connectivity index (χ0v) is 18.8. The first-order valence-corrected chi connectivity index (χ1v) is 11.9. The van der Waals surface area contributed by atoms with Gasteiger partial charge in [0.15, 0.2) is 0 Å². The summed E-state index contributed by atoms with van der Waals surface area (Å²) < 4.78 is 11.9. The minimum Gasteiger partial charge on any atom is -0.381 e. The average molecular weight is 440 g/mol. The molecule has 1 N–H and O–H groups in total. The minimum absolute atomic E-state index is 0.178. The number of thiazole rings is 1. The lowest BCUT2D eigenvalue weighted by atomic mass is 10.0. The van der Waals surface area contributed by atoms with Crippen molar-refractivity contribution >= 4 is 17.0 Å². The first-order chi connectivity index (χ1) is 15.2. The van der Waals surface area contributed by atoms with Crippen molar-refractivity contribution in [3.05, 3.63) is 82.1 Å². The van der Waals surface area contributed by atoms with Crippen LogP contribution in [0, 0.1) is 5.82 Å². The molecule has 6 heteroatoms. The van der Waals surface area contributed by atoms with E-state index in [1.165, 1.54) is 60.7 Å². The summed E-state index contributed by atoms with van der Waals surface area (Å²) in [6, 6.07) is 15.0. The zero-order chi connectivity index (χ0) is 21.6. The van der Waals surface area contributed by atoms with Crippen molar-refractivity contribution in [1.82, 2.24) is 9.88 Å². The van der Waals surface area contributed by atoms with Crippen molar-refractivity contribution in [1.29, 1.82) is 0 Å². The van der Waals surface area contributed by atoms with E-state index in [2.05, 4.69) is 39.9 Å². The maximum atomic E-state index is 11.9. The van der Waals surface area contributed by atoms with Crippen molar-refractivity contribution in [2.24, 2.45) is 0 Å². The Kier molecular flexibility index (Phi) is 7.33. The molecule has 0 spiro atoms. The lowest BCUT2D eigenvalue weighted by molar-refractivity contribution is 0.218. The number of fused-ring (bicyclic) bond motifs is 1. The maximum absolute atomic E-state index is 11.9. The van der Waals surface area contributed by atoms with Gasteiger partial charge >= 0.3 is 0 Å². The van der Waals surface area contributed by atoms with E-state index in [4.69, 9.17) is 0 Å². The summed E-state index contributed by atoms with van der Waals surface area (Å²) in [7, 11) is 0. The van der Waals surface area contributed by atoms with E-state index < -0.39 is 6.10 Å². The summed E-state index contributed by atoms with van der Waals surface area (Å²) in [5.41, 5.74) is 3.71. The largest absolute Gasteiger partial charge is 0.381 e. The van der Waals surface area contributed by atoms with Gasteiger partial charge in [-0.25, -0.2) is 9.37 Å². The van der Waals surface area contributed by atoms with Gasteiger partial charge in [-0.2, -0.15) is 0 Å². The number of hydrogen-bond acceptors (Lipinski definition) is 5. The van der Waals surface area contributed by atoms with Crippen molar-refractivity contribution in [2.75, 3.05) is 31.1 Å². The molecule has 1 fully saturated rings. The van der Waals surface area contributed by atoms with E-state index >= 15 is 0 Å². The molecular weight excluding hydrogens is 409 g/mol. The van der Waals surface area contributed by atoms with Gasteiger partial charge in [-0.3, -0.25) is 0 Å². The van der Waals surface area contributed by atoms with Crippen LogP contribution in [-0.4, -0.2) is 47.2 Å². The molecule has 5 rings (SSSR count). The molecule has 0 radical (unpaired) electrons. The monoisotopic (exact) mass is 439 g/mol. The Morgan fingerprint density at radius 2 is 1.90 bits per heavy atom. The third-order valence-electron chi connectivity index (χ3n) is 6.22. The number of halogens is 1. The van der Waals surface area contributed by atoms with Crippen LogP contribution < -0.4 is 4.90 Å². The number of benzene rings is 2. The molecule has 2 aromatic carbocycles. The first-order valence-electron chi connectivity index (χ1n) is 11.1. The number of aromatic nitrogens is 1. The molecule has 0 bridgehead atoms. The quantitative estimate of drug-likeness (QED) is 0.628. The molecule has 2 aliphatic rings. The smallest absolute Gasteiger partial charge is 0.131 e. The summed E-state index contributed by atoms with van der Waals surface area (Å²) in [6.07, 6.45) is 4.75. The second-order valence-corrected chi connectivity index (χ2v) is 8.99. The van der Waals surface area contributed by atoms with Gasteiger partial charge in [0, 0.05) is 42.9 Å². The molecular formula is C25H30FN3OS. The van der Waals surface area contributed by atoms with Crippen LogP contribution in [0.2, 0.25) is 0 Å². The van der Waals surface area contributed by atoms with Gasteiger partial charge in [0.1, 0.15) is 16.9 Å². The fourth-order valence-electron chi connectivity index (χ4n) is 4.44. The zero-order valence-electron chi connectivity index (χ0n) is 18.0. The Morgan fingerprint density at radius 1 is 1.13 bits per heavy atom. The summed E-state index contributed by atoms with van der Waals surface area (Å²) in [4.78, 5) is 9.38. The normalized spacial score (nSPS) is 17.7. The number of piperidine rings is 1. The molecule has 1 saturated heterocycles. The van der Waals surface area contributed by atoms with Gasteiger partial charge in [0.25, 0.3) is 0 Å². The Hall–Kier alpha value is -2.28. The Labute approximate surface area is 188 Å². The standard InChI is InChI=1S/C19H25N3OS.C6H5F/c1-2-21-9-6-16(7-10-21)22-11-5-14-3-4-15(13-17(14)22)18(23)19-20-8-12-24-19;7-6-4-2-1-3-5-6/h3-4,8,12-13,16,18,23H,2,5-7,9-11H2,1H3;1-5H. The molecule has 3 heterocycles. The topological polar surface area (TPSA) is 39.6 Å². The number of aliphatic hydroxyl groups excluding tert-OH is 1. The third kappa shape index (κ3) is 5.32. The highest BCUT2D eigenvalue weighted by atomic mass is 32.1. The lowest BCUT2D eigenvalue weighted by Gasteiger charge is -2.37. The fourth-order valence-corrected chi connectivity index (χ4v) is 5.09. The van der Waals surface area contributed by atoms with E-state index in [0.717, 1.165) is 30.1 Å². The molecule has 0 aliphatic carbocycles. The molecule has 3 aromatic rings. The Balaban J connectivity index is 0.000000282. The second kappa shape index (κ2) is 10.4. The van der Waals surface area contributed by atoms with E-state index in [9.17, 15) is 9.50 Å². The van der Waals surface area contributed by atoms with Crippen LogP contribution in [0.15, 0.2) is 60.1 Å². The average Bonchev–Trinajstić information content (AvgIpc) is 3.49. The molecule has 2 aliphatic heterocycles. The van der Waals surface area contributed by atoms with Crippen LogP contribution in [0.25, 0.3) is 0 Å². The molecule has 1 unspecified atom stereocenters. The van der Waals surface area contributed by atoms with E-state index in [1.807, 2.05) is 5.38 Å². The number of nitrogens with zero attached hydrogens (tertiary/aromatic N) is 3. The van der Waals surface area contributed by atoms with E-state index in [1.54, 1.807) is 24.4 Å². The summed E-state index contributed by atoms with van der Waals surface area (Å²) in [5, 5.41) is 13.3. The van der Waals surface area contributed by atoms with Crippen LogP contribution in [0.5, 0.6) is 0 Å². The predicted molar refractivity (Wildman–Crippen MR) is 125 cm³/mol. The van der Waals surface area contributed by atoms with Crippen LogP contribution in [0.3, 0.4) is 0 Å². The van der Waals surface area contributed by atoms with Crippen molar-refractivity contribution in [2.45, 2.75) is 38.3 Å². The fraction of sp³-hybridized carbons (Fsp3) is 0.400. The lowest BCUT2D eigenvalue weighted by Crippen LogP contribution is -2.44. The summed E-state index contributed by atoms with van der Waals surface area (Å²) in [5.74, 6) is -0.178. The highest BCUT2D eigenvalue weighted by Crippen LogP contribution is 2.36. The van der Waals surface area contributed by atoms with Crippen molar-refractivity contribution in [3.63, 3.8) is 0 Å². The highest BCUT2D eigenvalue weighted by molar-refractivity contribution is 7.09. The van der Waals surface area contributed by atoms with E-state index in [0.29, 0.717) is 6.04 Å². The minimum atomic E-state index is -0.611. The maximum Gasteiger partial charge on any atom is 0.131 e. The second-order valence-electron chi connectivity index (χ2n) is 8.07. The van der Waals surface area contributed by atoms with Gasteiger partial charge in [-0.05, 0) is 55.1 Å². The number of hydrogen-bond donors (Lipinski definition) is 1. The molecule has 164 valence electrons. The molecule has 31 heavy (non-hydrogen) atoms. The highest BCUT2D eigenvalue weighted by Gasteiger charge is 2.29. The SMILES string of the molecule is CCN1CCC(N2CCc3ccc(C(O)c4nccs4)cc32)CC1.Fc1ccccc1. The molecule has 4 nitrogen and oxygen atoms in total. The van der Waals surface area contributed by atoms with Gasteiger partial charge in [0.2, 0.25) is 0 Å². The molecule has 0 saturated carbocycles. The Morgan fingerprint density at radius 3 is 2.52 bits per heavy atom. The summed E-state index contributed by atoms with van der Waals surface area (Å²) in [6.45, 7) is 6.93. The van der Waals surface area contributed by atoms with Crippen LogP contribution in [0.4, 0.5) is 10.1 Å². The summed E-state index contributed by atoms with van der Waals surface area (Å²) >= 11 is 1.51. The van der Waals surface area contributed by atoms with Gasteiger partial charge in [-0.1, -0.05) is 37.3 Å². The van der Waals surface area contributed by atoms with Crippen molar-refractivity contribution in [3.8, 4) is 0 Å². The molecule has 0 amide bonds. The number of likely N-dealkylation sites (tertiary alicyclic amines) is 1. The van der Waals surface area contributed by atoms with Crippen LogP contribution in [-0.2, 0) is 6.42 Å². The van der Waals surface area contributed by atoms with Crippen LogP contribution in [0.1, 0.15) is 42.0 Å². The van der Waals surface area contributed by atoms with Gasteiger partial charge < -0.3 is 14.9 Å². The predicted octanol–water partition coefficient (Wildman–Crippen LogP) is 4.90. The third-order valence-corrected chi connectivity index (χ3v) is 7.05. The van der Waals surface area contributed by atoms with Gasteiger partial charge in [0.05, 0.1) is 0 Å². The number of anilines is 1. The molecule has 1 atom stereocenters. The number of rotatable bonds is 4. The van der Waals surface area contributed by atoms with Gasteiger partial charge in [-0.15, -0.1) is 11.3 Å². The molecule has 1 aromatic heterocycles. The van der Waals surface area contributed by atoms with Crippen molar-refractivity contribution < 1.29 is 9.50 Å².